The van der Waals surface area contributed by atoms with Crippen molar-refractivity contribution in [2.75, 3.05) is 6.54 Å². The van der Waals surface area contributed by atoms with Gasteiger partial charge < -0.3 is 5.32 Å². The Balaban J connectivity index is 1.76. The number of hydrogen-bond acceptors (Lipinski definition) is 4. The molecule has 0 radical (unpaired) electrons. The Labute approximate surface area is 108 Å². The van der Waals surface area contributed by atoms with Crippen LogP contribution < -0.4 is 5.32 Å². The first-order chi connectivity index (χ1) is 8.12. The van der Waals surface area contributed by atoms with Gasteiger partial charge in [0.05, 0.1) is 0 Å². The van der Waals surface area contributed by atoms with Gasteiger partial charge in [-0.15, -0.1) is 21.5 Å². The first kappa shape index (κ1) is 13.0. The number of hydrogen-bond donors (Lipinski definition) is 1. The summed E-state index contributed by atoms with van der Waals surface area (Å²) < 4.78 is 0. The molecule has 0 aromatic carbocycles. The van der Waals surface area contributed by atoms with E-state index in [0.29, 0.717) is 0 Å². The maximum atomic E-state index is 4.33. The van der Waals surface area contributed by atoms with Gasteiger partial charge in [-0.1, -0.05) is 20.8 Å². The minimum atomic E-state index is 0.183. The van der Waals surface area contributed by atoms with Gasteiger partial charge in [-0.25, -0.2) is 0 Å². The molecule has 17 heavy (non-hydrogen) atoms. The van der Waals surface area contributed by atoms with Gasteiger partial charge in [0.2, 0.25) is 0 Å². The zero-order valence-corrected chi connectivity index (χ0v) is 11.9. The van der Waals surface area contributed by atoms with Crippen molar-refractivity contribution in [3.63, 3.8) is 0 Å². The second-order valence-electron chi connectivity index (χ2n) is 5.57. The highest BCUT2D eigenvalue weighted by Crippen LogP contribution is 2.29. The Bertz CT molecular complexity index is 355. The molecule has 2 rings (SSSR count). The van der Waals surface area contributed by atoms with Crippen molar-refractivity contribution in [1.29, 1.82) is 0 Å². The highest BCUT2D eigenvalue weighted by atomic mass is 32.1. The van der Waals surface area contributed by atoms with E-state index in [1.807, 2.05) is 0 Å². The average molecular weight is 253 g/mol. The largest absolute Gasteiger partial charge is 0.314 e. The fourth-order valence-electron chi connectivity index (χ4n) is 1.61. The third-order valence-corrected chi connectivity index (χ3v) is 4.86. The van der Waals surface area contributed by atoms with E-state index in [9.17, 15) is 0 Å². The van der Waals surface area contributed by atoms with Gasteiger partial charge in [0.1, 0.15) is 10.0 Å². The molecule has 0 aliphatic heterocycles. The van der Waals surface area contributed by atoms with Crippen molar-refractivity contribution in [2.45, 2.75) is 64.3 Å². The van der Waals surface area contributed by atoms with Crippen LogP contribution in [0.2, 0.25) is 0 Å². The zero-order valence-electron chi connectivity index (χ0n) is 11.1. The number of nitrogens with zero attached hydrogens (tertiary/aromatic N) is 2. The quantitative estimate of drug-likeness (QED) is 0.759. The molecule has 1 heterocycles. The van der Waals surface area contributed by atoms with Gasteiger partial charge in [0.15, 0.2) is 0 Å². The molecule has 0 bridgehead atoms. The van der Waals surface area contributed by atoms with Gasteiger partial charge >= 0.3 is 0 Å². The molecule has 1 N–H and O–H groups in total. The van der Waals surface area contributed by atoms with Crippen LogP contribution in [0.4, 0.5) is 0 Å². The molecule has 0 saturated heterocycles. The second kappa shape index (κ2) is 5.44. The number of aromatic nitrogens is 2. The van der Waals surface area contributed by atoms with E-state index in [1.54, 1.807) is 11.3 Å². The molecule has 4 heteroatoms. The monoisotopic (exact) mass is 253 g/mol. The fourth-order valence-corrected chi connectivity index (χ4v) is 2.67. The molecule has 1 aliphatic rings. The lowest BCUT2D eigenvalue weighted by molar-refractivity contribution is 0.498. The van der Waals surface area contributed by atoms with E-state index in [-0.39, 0.29) is 5.41 Å². The zero-order chi connectivity index (χ0) is 12.3. The molecular weight excluding hydrogens is 230 g/mol. The van der Waals surface area contributed by atoms with E-state index in [1.165, 1.54) is 29.3 Å². The summed E-state index contributed by atoms with van der Waals surface area (Å²) in [5.41, 5.74) is 0.183. The van der Waals surface area contributed by atoms with Crippen LogP contribution in [0.1, 0.15) is 56.5 Å². The summed E-state index contributed by atoms with van der Waals surface area (Å²) in [7, 11) is 0. The summed E-state index contributed by atoms with van der Waals surface area (Å²) in [6, 6.07) is 0.819. The first-order valence-electron chi connectivity index (χ1n) is 6.68. The SMILES string of the molecule is CCC(C)(C)c1nnc(CCCNC2CC2)s1. The third-order valence-electron chi connectivity index (χ3n) is 3.51. The molecule has 1 aromatic heterocycles. The van der Waals surface area contributed by atoms with Crippen LogP contribution in [0, 0.1) is 0 Å². The molecule has 1 aromatic rings. The first-order valence-corrected chi connectivity index (χ1v) is 7.49. The Morgan fingerprint density at radius 1 is 1.35 bits per heavy atom. The van der Waals surface area contributed by atoms with Crippen molar-refractivity contribution in [3.05, 3.63) is 10.0 Å². The van der Waals surface area contributed by atoms with E-state index >= 15 is 0 Å². The van der Waals surface area contributed by atoms with E-state index in [4.69, 9.17) is 0 Å². The van der Waals surface area contributed by atoms with Gasteiger partial charge in [-0.05, 0) is 32.2 Å². The average Bonchev–Trinajstić information content (AvgIpc) is 3.01. The molecule has 1 saturated carbocycles. The van der Waals surface area contributed by atoms with Gasteiger partial charge in [-0.2, -0.15) is 0 Å². The van der Waals surface area contributed by atoms with E-state index < -0.39 is 0 Å². The van der Waals surface area contributed by atoms with E-state index in [0.717, 1.165) is 25.4 Å². The summed E-state index contributed by atoms with van der Waals surface area (Å²) in [5.74, 6) is 0. The van der Waals surface area contributed by atoms with Crippen molar-refractivity contribution in [1.82, 2.24) is 15.5 Å². The van der Waals surface area contributed by atoms with Gasteiger partial charge in [0, 0.05) is 17.9 Å². The summed E-state index contributed by atoms with van der Waals surface area (Å²) in [6.45, 7) is 7.81. The van der Waals surface area contributed by atoms with Crippen LogP contribution in [-0.4, -0.2) is 22.8 Å². The third kappa shape index (κ3) is 3.75. The summed E-state index contributed by atoms with van der Waals surface area (Å²) >= 11 is 1.79. The van der Waals surface area contributed by atoms with Crippen molar-refractivity contribution < 1.29 is 0 Å². The minimum Gasteiger partial charge on any atom is -0.314 e. The van der Waals surface area contributed by atoms with Crippen molar-refractivity contribution in [3.8, 4) is 0 Å². The van der Waals surface area contributed by atoms with E-state index in [2.05, 4.69) is 36.3 Å². The van der Waals surface area contributed by atoms with Crippen LogP contribution in [0.25, 0.3) is 0 Å². The molecule has 0 spiro atoms. The maximum absolute atomic E-state index is 4.33. The van der Waals surface area contributed by atoms with Crippen molar-refractivity contribution in [2.24, 2.45) is 0 Å². The Hall–Kier alpha value is -0.480. The summed E-state index contributed by atoms with van der Waals surface area (Å²) in [5, 5.41) is 14.5. The lowest BCUT2D eigenvalue weighted by atomic mass is 9.91. The number of nitrogens with one attached hydrogen (secondary N) is 1. The maximum Gasteiger partial charge on any atom is 0.123 e. The second-order valence-corrected chi connectivity index (χ2v) is 6.63. The summed E-state index contributed by atoms with van der Waals surface area (Å²) in [4.78, 5) is 0. The van der Waals surface area contributed by atoms with Crippen LogP contribution in [-0.2, 0) is 11.8 Å². The predicted octanol–water partition coefficient (Wildman–Crippen LogP) is 2.91. The molecular formula is C13H23N3S. The Morgan fingerprint density at radius 2 is 2.12 bits per heavy atom. The summed E-state index contributed by atoms with van der Waals surface area (Å²) in [6.07, 6.45) is 6.10. The standard InChI is InChI=1S/C13H23N3S/c1-4-13(2,3)12-16-15-11(17-12)6-5-9-14-10-7-8-10/h10,14H,4-9H2,1-3H3. The number of aryl methyl sites for hydroxylation is 1. The topological polar surface area (TPSA) is 37.8 Å². The lowest BCUT2D eigenvalue weighted by Crippen LogP contribution is -2.17. The Morgan fingerprint density at radius 3 is 2.76 bits per heavy atom. The molecule has 0 unspecified atom stereocenters. The highest BCUT2D eigenvalue weighted by molar-refractivity contribution is 7.11. The number of rotatable bonds is 7. The molecule has 1 aliphatic carbocycles. The molecule has 1 fully saturated rings. The van der Waals surface area contributed by atoms with Crippen LogP contribution in [0.5, 0.6) is 0 Å². The lowest BCUT2D eigenvalue weighted by Gasteiger charge is -2.17. The van der Waals surface area contributed by atoms with Crippen molar-refractivity contribution >= 4 is 11.3 Å². The molecule has 0 atom stereocenters. The highest BCUT2D eigenvalue weighted by Gasteiger charge is 2.23. The van der Waals surface area contributed by atoms with Gasteiger partial charge in [0.25, 0.3) is 0 Å². The molecule has 3 nitrogen and oxygen atoms in total. The smallest absolute Gasteiger partial charge is 0.123 e. The molecule has 0 amide bonds. The fraction of sp³-hybridized carbons (Fsp3) is 0.846. The van der Waals surface area contributed by atoms with Crippen LogP contribution in [0.3, 0.4) is 0 Å². The predicted molar refractivity (Wildman–Crippen MR) is 72.6 cm³/mol. The van der Waals surface area contributed by atoms with Crippen LogP contribution in [0.15, 0.2) is 0 Å². The minimum absolute atomic E-state index is 0.183. The molecule has 96 valence electrons. The Kier molecular flexibility index (Phi) is 4.15. The normalized spacial score (nSPS) is 16.4. The van der Waals surface area contributed by atoms with Crippen LogP contribution >= 0.6 is 11.3 Å². The van der Waals surface area contributed by atoms with Gasteiger partial charge in [-0.3, -0.25) is 0 Å².